The van der Waals surface area contributed by atoms with E-state index in [-0.39, 0.29) is 11.6 Å². The third kappa shape index (κ3) is 3.47. The molecule has 2 fully saturated rings. The highest BCUT2D eigenvalue weighted by Crippen LogP contribution is 2.37. The Bertz CT molecular complexity index is 495. The maximum atomic E-state index is 13.3. The van der Waals surface area contributed by atoms with Crippen LogP contribution in [0.5, 0.6) is 0 Å². The Balaban J connectivity index is 1.56. The summed E-state index contributed by atoms with van der Waals surface area (Å²) in [6.07, 6.45) is 4.10. The Morgan fingerprint density at radius 1 is 1.29 bits per heavy atom. The second-order valence-electron chi connectivity index (χ2n) is 6.00. The molecule has 21 heavy (non-hydrogen) atoms. The predicted octanol–water partition coefficient (Wildman–Crippen LogP) is 3.71. The third-order valence-electron chi connectivity index (χ3n) is 4.57. The number of hydrogen-bond donors (Lipinski definition) is 0. The van der Waals surface area contributed by atoms with E-state index in [4.69, 9.17) is 9.47 Å². The number of rotatable bonds is 3. The van der Waals surface area contributed by atoms with E-state index >= 15 is 0 Å². The molecular weight excluding hydrogens is 337 g/mol. The summed E-state index contributed by atoms with van der Waals surface area (Å²) in [5.74, 6) is -0.507. The molecule has 0 atom stereocenters. The predicted molar refractivity (Wildman–Crippen MR) is 82.5 cm³/mol. The van der Waals surface area contributed by atoms with Crippen molar-refractivity contribution in [1.82, 2.24) is 4.90 Å². The summed E-state index contributed by atoms with van der Waals surface area (Å²) in [7, 11) is 2.14. The first kappa shape index (κ1) is 15.4. The van der Waals surface area contributed by atoms with Crippen LogP contribution in [-0.4, -0.2) is 37.0 Å². The summed E-state index contributed by atoms with van der Waals surface area (Å²) in [6, 6.07) is 5.76. The highest BCUT2D eigenvalue weighted by Gasteiger charge is 2.40. The summed E-state index contributed by atoms with van der Waals surface area (Å²) in [4.78, 5) is 2.35. The van der Waals surface area contributed by atoms with Crippen LogP contribution >= 0.6 is 15.9 Å². The van der Waals surface area contributed by atoms with Gasteiger partial charge in [-0.2, -0.15) is 0 Å². The number of halogens is 2. The molecule has 1 aromatic rings. The fourth-order valence-corrected chi connectivity index (χ4v) is 3.75. The molecule has 0 N–H and O–H groups in total. The van der Waals surface area contributed by atoms with E-state index < -0.39 is 0 Å². The van der Waals surface area contributed by atoms with Crippen molar-refractivity contribution in [2.24, 2.45) is 0 Å². The minimum Gasteiger partial charge on any atom is -0.348 e. The van der Waals surface area contributed by atoms with Crippen molar-refractivity contribution in [2.75, 3.05) is 20.3 Å². The van der Waals surface area contributed by atoms with E-state index in [0.717, 1.165) is 51.0 Å². The van der Waals surface area contributed by atoms with Crippen LogP contribution in [-0.2, 0) is 16.0 Å². The maximum absolute atomic E-state index is 13.3. The molecule has 1 saturated carbocycles. The zero-order valence-corrected chi connectivity index (χ0v) is 13.9. The Morgan fingerprint density at radius 2 is 1.95 bits per heavy atom. The van der Waals surface area contributed by atoms with Gasteiger partial charge < -0.3 is 9.47 Å². The molecule has 1 aliphatic carbocycles. The van der Waals surface area contributed by atoms with Crippen molar-refractivity contribution < 1.29 is 13.9 Å². The first-order valence-corrected chi connectivity index (χ1v) is 8.29. The zero-order chi connectivity index (χ0) is 14.9. The van der Waals surface area contributed by atoms with Crippen LogP contribution < -0.4 is 0 Å². The van der Waals surface area contributed by atoms with Gasteiger partial charge in [0, 0.05) is 25.4 Å². The number of benzene rings is 1. The normalized spacial score (nSPS) is 22.3. The highest BCUT2D eigenvalue weighted by atomic mass is 79.9. The van der Waals surface area contributed by atoms with Gasteiger partial charge in [-0.05, 0) is 53.5 Å². The topological polar surface area (TPSA) is 21.7 Å². The minimum absolute atomic E-state index is 0.212. The molecule has 1 spiro atoms. The van der Waals surface area contributed by atoms with Gasteiger partial charge in [-0.25, -0.2) is 4.39 Å². The van der Waals surface area contributed by atoms with Gasteiger partial charge in [-0.15, -0.1) is 0 Å². The van der Waals surface area contributed by atoms with Crippen molar-refractivity contribution in [1.29, 1.82) is 0 Å². The van der Waals surface area contributed by atoms with Gasteiger partial charge in [-0.3, -0.25) is 4.90 Å². The molecule has 0 radical (unpaired) electrons. The molecule has 0 unspecified atom stereocenters. The van der Waals surface area contributed by atoms with E-state index in [1.54, 1.807) is 0 Å². The first-order chi connectivity index (χ1) is 10.1. The lowest BCUT2D eigenvalue weighted by Gasteiger charge is -2.39. The Labute approximate surface area is 133 Å². The van der Waals surface area contributed by atoms with E-state index in [1.807, 2.05) is 12.1 Å². The summed E-state index contributed by atoms with van der Waals surface area (Å²) < 4.78 is 25.3. The SMILES string of the molecule is CN(Cc1ccc(F)c(Br)c1)C1CCC2(CC1)OCCO2. The molecule has 3 rings (SSSR count). The smallest absolute Gasteiger partial charge is 0.168 e. The monoisotopic (exact) mass is 357 g/mol. The van der Waals surface area contributed by atoms with E-state index in [0.29, 0.717) is 10.5 Å². The van der Waals surface area contributed by atoms with Crippen molar-refractivity contribution in [3.63, 3.8) is 0 Å². The quantitative estimate of drug-likeness (QED) is 0.822. The number of ether oxygens (including phenoxy) is 2. The van der Waals surface area contributed by atoms with E-state index in [1.165, 1.54) is 6.07 Å². The molecule has 1 saturated heterocycles. The molecule has 3 nitrogen and oxygen atoms in total. The highest BCUT2D eigenvalue weighted by molar-refractivity contribution is 9.10. The molecule has 0 amide bonds. The van der Waals surface area contributed by atoms with E-state index in [2.05, 4.69) is 27.9 Å². The Kier molecular flexibility index (Phi) is 4.64. The van der Waals surface area contributed by atoms with Gasteiger partial charge in [0.1, 0.15) is 5.82 Å². The Morgan fingerprint density at radius 3 is 2.57 bits per heavy atom. The lowest BCUT2D eigenvalue weighted by molar-refractivity contribution is -0.183. The van der Waals surface area contributed by atoms with Crippen LogP contribution in [0.3, 0.4) is 0 Å². The molecule has 1 aliphatic heterocycles. The number of nitrogens with zero attached hydrogens (tertiary/aromatic N) is 1. The van der Waals surface area contributed by atoms with Crippen molar-refractivity contribution in [2.45, 2.75) is 44.1 Å². The molecule has 0 aromatic heterocycles. The van der Waals surface area contributed by atoms with Gasteiger partial charge in [0.2, 0.25) is 0 Å². The van der Waals surface area contributed by atoms with Crippen LogP contribution in [0.4, 0.5) is 4.39 Å². The van der Waals surface area contributed by atoms with Crippen molar-refractivity contribution in [3.8, 4) is 0 Å². The fourth-order valence-electron chi connectivity index (χ4n) is 3.32. The average molecular weight is 358 g/mol. The number of hydrogen-bond acceptors (Lipinski definition) is 3. The first-order valence-electron chi connectivity index (χ1n) is 7.50. The summed E-state index contributed by atoms with van der Waals surface area (Å²) in [5.41, 5.74) is 1.12. The van der Waals surface area contributed by atoms with Crippen LogP contribution in [0.25, 0.3) is 0 Å². The Hall–Kier alpha value is -0.490. The summed E-state index contributed by atoms with van der Waals surface area (Å²) >= 11 is 3.25. The molecule has 1 aromatic carbocycles. The molecule has 5 heteroatoms. The van der Waals surface area contributed by atoms with Crippen LogP contribution in [0, 0.1) is 5.82 Å². The van der Waals surface area contributed by atoms with Gasteiger partial charge in [0.25, 0.3) is 0 Å². The lowest BCUT2D eigenvalue weighted by atomic mass is 9.89. The second kappa shape index (κ2) is 6.32. The summed E-state index contributed by atoms with van der Waals surface area (Å²) in [5, 5.41) is 0. The molecular formula is C16H21BrFNO2. The summed E-state index contributed by atoms with van der Waals surface area (Å²) in [6.45, 7) is 2.28. The molecule has 0 bridgehead atoms. The molecule has 1 heterocycles. The fraction of sp³-hybridized carbons (Fsp3) is 0.625. The van der Waals surface area contributed by atoms with Crippen LogP contribution in [0.2, 0.25) is 0 Å². The van der Waals surface area contributed by atoms with Crippen LogP contribution in [0.15, 0.2) is 22.7 Å². The molecule has 116 valence electrons. The minimum atomic E-state index is -0.295. The van der Waals surface area contributed by atoms with Gasteiger partial charge in [0.15, 0.2) is 5.79 Å². The van der Waals surface area contributed by atoms with Gasteiger partial charge >= 0.3 is 0 Å². The third-order valence-corrected chi connectivity index (χ3v) is 5.18. The second-order valence-corrected chi connectivity index (χ2v) is 6.86. The average Bonchev–Trinajstić information content (AvgIpc) is 2.92. The zero-order valence-electron chi connectivity index (χ0n) is 12.3. The maximum Gasteiger partial charge on any atom is 0.168 e. The van der Waals surface area contributed by atoms with Gasteiger partial charge in [-0.1, -0.05) is 6.07 Å². The van der Waals surface area contributed by atoms with Crippen molar-refractivity contribution >= 4 is 15.9 Å². The van der Waals surface area contributed by atoms with E-state index in [9.17, 15) is 4.39 Å². The van der Waals surface area contributed by atoms with Crippen LogP contribution in [0.1, 0.15) is 31.2 Å². The molecule has 2 aliphatic rings. The largest absolute Gasteiger partial charge is 0.348 e. The standard InChI is InChI=1S/C16H21BrFNO2/c1-19(11-12-2-3-15(18)14(17)10-12)13-4-6-16(7-5-13)20-8-9-21-16/h2-3,10,13H,4-9,11H2,1H3. The van der Waals surface area contributed by atoms with Crippen molar-refractivity contribution in [3.05, 3.63) is 34.1 Å². The lowest BCUT2D eigenvalue weighted by Crippen LogP contribution is -2.42. The van der Waals surface area contributed by atoms with Gasteiger partial charge in [0.05, 0.1) is 17.7 Å².